The van der Waals surface area contributed by atoms with Crippen LogP contribution in [0.15, 0.2) is 41.6 Å². The van der Waals surface area contributed by atoms with Crippen molar-refractivity contribution >= 4 is 37.6 Å². The minimum absolute atomic E-state index is 0.188. The van der Waals surface area contributed by atoms with Gasteiger partial charge in [-0.15, -0.1) is 0 Å². The lowest BCUT2D eigenvalue weighted by molar-refractivity contribution is 0.122. The Labute approximate surface area is 198 Å². The Bertz CT molecular complexity index is 1480. The zero-order valence-electron chi connectivity index (χ0n) is 19.5. The van der Waals surface area contributed by atoms with E-state index in [1.54, 1.807) is 19.2 Å². The highest BCUT2D eigenvalue weighted by Crippen LogP contribution is 2.31. The molecule has 0 unspecified atom stereocenters. The highest BCUT2D eigenvalue weighted by molar-refractivity contribution is 7.90. The fourth-order valence-electron chi connectivity index (χ4n) is 4.43. The van der Waals surface area contributed by atoms with Crippen LogP contribution in [0.4, 0.5) is 5.82 Å². The standard InChI is InChI=1S/C24H27N5O4S/c1-4-20-25-21-22(28(20)2)26-24(27-23(21)29-11-13-33-14-12-29)34(30,31)15-16-9-10-19(32-3)18-8-6-5-7-17(16)18/h5-10H,4,11-15H2,1-3H3. The number of methoxy groups -OCH3 is 1. The van der Waals surface area contributed by atoms with Gasteiger partial charge in [-0.3, -0.25) is 0 Å². The number of ether oxygens (including phenoxy) is 2. The van der Waals surface area contributed by atoms with Gasteiger partial charge in [0.05, 0.1) is 26.1 Å². The average Bonchev–Trinajstić information content (AvgIpc) is 3.19. The summed E-state index contributed by atoms with van der Waals surface area (Å²) in [6.45, 7) is 4.35. The van der Waals surface area contributed by atoms with Crippen molar-refractivity contribution in [3.63, 3.8) is 0 Å². The lowest BCUT2D eigenvalue weighted by atomic mass is 10.0. The van der Waals surface area contributed by atoms with Crippen LogP contribution in [0.3, 0.4) is 0 Å². The molecule has 34 heavy (non-hydrogen) atoms. The van der Waals surface area contributed by atoms with Crippen molar-refractivity contribution in [2.45, 2.75) is 24.3 Å². The van der Waals surface area contributed by atoms with E-state index in [2.05, 4.69) is 9.97 Å². The van der Waals surface area contributed by atoms with Gasteiger partial charge >= 0.3 is 0 Å². The number of hydrogen-bond acceptors (Lipinski definition) is 8. The third-order valence-corrected chi connectivity index (χ3v) is 7.65. The Kier molecular flexibility index (Phi) is 5.86. The number of aryl methyl sites for hydroxylation is 2. The fraction of sp³-hybridized carbons (Fsp3) is 0.375. The van der Waals surface area contributed by atoms with Gasteiger partial charge in [0.1, 0.15) is 11.6 Å². The molecule has 0 amide bonds. The summed E-state index contributed by atoms with van der Waals surface area (Å²) in [6.07, 6.45) is 0.704. The number of morpholine rings is 1. The van der Waals surface area contributed by atoms with Crippen LogP contribution in [0.25, 0.3) is 21.9 Å². The molecule has 2 aromatic carbocycles. The van der Waals surface area contributed by atoms with E-state index in [4.69, 9.17) is 14.5 Å². The van der Waals surface area contributed by atoms with E-state index in [1.165, 1.54) is 0 Å². The van der Waals surface area contributed by atoms with Crippen LogP contribution in [-0.4, -0.2) is 61.3 Å². The van der Waals surface area contributed by atoms with Crippen molar-refractivity contribution in [3.8, 4) is 5.75 Å². The second kappa shape index (κ2) is 8.84. The minimum Gasteiger partial charge on any atom is -0.496 e. The number of benzene rings is 2. The smallest absolute Gasteiger partial charge is 0.251 e. The first-order valence-electron chi connectivity index (χ1n) is 11.3. The van der Waals surface area contributed by atoms with E-state index in [9.17, 15) is 8.42 Å². The molecule has 0 bridgehead atoms. The maximum absolute atomic E-state index is 13.6. The molecule has 2 aromatic heterocycles. The molecule has 0 spiro atoms. The first-order valence-corrected chi connectivity index (χ1v) is 12.9. The number of imidazole rings is 1. The third kappa shape index (κ3) is 3.86. The highest BCUT2D eigenvalue weighted by Gasteiger charge is 2.27. The zero-order valence-corrected chi connectivity index (χ0v) is 20.3. The van der Waals surface area contributed by atoms with Crippen LogP contribution in [0.2, 0.25) is 0 Å². The Balaban J connectivity index is 1.64. The molecule has 1 saturated heterocycles. The zero-order chi connectivity index (χ0) is 23.9. The van der Waals surface area contributed by atoms with Crippen molar-refractivity contribution in [3.05, 3.63) is 47.8 Å². The van der Waals surface area contributed by atoms with Crippen LogP contribution < -0.4 is 9.64 Å². The van der Waals surface area contributed by atoms with Gasteiger partial charge in [-0.1, -0.05) is 37.3 Å². The summed E-state index contributed by atoms with van der Waals surface area (Å²) in [7, 11) is -0.390. The molecule has 0 radical (unpaired) electrons. The molecule has 0 saturated carbocycles. The lowest BCUT2D eigenvalue weighted by Crippen LogP contribution is -2.37. The molecule has 3 heterocycles. The molecule has 1 aliphatic heterocycles. The Hall–Kier alpha value is -3.24. The monoisotopic (exact) mass is 481 g/mol. The van der Waals surface area contributed by atoms with E-state index < -0.39 is 9.84 Å². The Morgan fingerprint density at radius 3 is 2.47 bits per heavy atom. The predicted octanol–water partition coefficient (Wildman–Crippen LogP) is 2.90. The van der Waals surface area contributed by atoms with Gasteiger partial charge in [-0.2, -0.15) is 9.97 Å². The summed E-state index contributed by atoms with van der Waals surface area (Å²) in [5.41, 5.74) is 1.81. The molecular weight excluding hydrogens is 454 g/mol. The highest BCUT2D eigenvalue weighted by atomic mass is 32.2. The second-order valence-corrected chi connectivity index (χ2v) is 10.2. The maximum Gasteiger partial charge on any atom is 0.251 e. The number of hydrogen-bond donors (Lipinski definition) is 0. The number of anilines is 1. The molecule has 10 heteroatoms. The molecule has 5 rings (SSSR count). The SMILES string of the molecule is CCc1nc2c(N3CCOCC3)nc(S(=O)(=O)Cc3ccc(OC)c4ccccc34)nc2n1C. The predicted molar refractivity (Wildman–Crippen MR) is 130 cm³/mol. The van der Waals surface area contributed by atoms with Crippen LogP contribution in [0.1, 0.15) is 18.3 Å². The third-order valence-electron chi connectivity index (χ3n) is 6.22. The first-order chi connectivity index (χ1) is 16.4. The molecule has 0 N–H and O–H groups in total. The Morgan fingerprint density at radius 1 is 1.03 bits per heavy atom. The molecule has 4 aromatic rings. The van der Waals surface area contributed by atoms with Crippen molar-refractivity contribution in [2.75, 3.05) is 38.3 Å². The molecule has 9 nitrogen and oxygen atoms in total. The molecule has 1 fully saturated rings. The quantitative estimate of drug-likeness (QED) is 0.388. The van der Waals surface area contributed by atoms with Crippen LogP contribution in [0.5, 0.6) is 5.75 Å². The molecule has 0 atom stereocenters. The summed E-state index contributed by atoms with van der Waals surface area (Å²) in [5, 5.41) is 1.50. The van der Waals surface area contributed by atoms with Gasteiger partial charge in [-0.05, 0) is 17.0 Å². The summed E-state index contributed by atoms with van der Waals surface area (Å²) >= 11 is 0. The maximum atomic E-state index is 13.6. The van der Waals surface area contributed by atoms with Crippen molar-refractivity contribution in [1.82, 2.24) is 19.5 Å². The summed E-state index contributed by atoms with van der Waals surface area (Å²) in [6, 6.07) is 11.2. The number of rotatable bonds is 6. The van der Waals surface area contributed by atoms with E-state index in [-0.39, 0.29) is 10.9 Å². The first kappa shape index (κ1) is 22.5. The van der Waals surface area contributed by atoms with Crippen molar-refractivity contribution < 1.29 is 17.9 Å². The lowest BCUT2D eigenvalue weighted by Gasteiger charge is -2.28. The van der Waals surface area contributed by atoms with E-state index in [0.29, 0.717) is 61.0 Å². The van der Waals surface area contributed by atoms with Crippen LogP contribution >= 0.6 is 0 Å². The van der Waals surface area contributed by atoms with Gasteiger partial charge < -0.3 is 18.9 Å². The molecule has 1 aliphatic rings. The van der Waals surface area contributed by atoms with Gasteiger partial charge in [0, 0.05) is 31.9 Å². The van der Waals surface area contributed by atoms with Crippen molar-refractivity contribution in [2.24, 2.45) is 7.05 Å². The number of aromatic nitrogens is 4. The summed E-state index contributed by atoms with van der Waals surface area (Å²) in [4.78, 5) is 15.8. The average molecular weight is 482 g/mol. The van der Waals surface area contributed by atoms with Gasteiger partial charge in [0.25, 0.3) is 5.16 Å². The largest absolute Gasteiger partial charge is 0.496 e. The Morgan fingerprint density at radius 2 is 1.76 bits per heavy atom. The molecular formula is C24H27N5O4S. The normalized spacial score (nSPS) is 14.7. The van der Waals surface area contributed by atoms with E-state index >= 15 is 0 Å². The van der Waals surface area contributed by atoms with Crippen LogP contribution in [-0.2, 0) is 33.8 Å². The van der Waals surface area contributed by atoms with E-state index in [1.807, 2.05) is 47.7 Å². The van der Waals surface area contributed by atoms with Gasteiger partial charge in [0.2, 0.25) is 9.84 Å². The summed E-state index contributed by atoms with van der Waals surface area (Å²) < 4.78 is 40.1. The van der Waals surface area contributed by atoms with E-state index in [0.717, 1.165) is 16.6 Å². The number of fused-ring (bicyclic) bond motifs is 2. The number of sulfone groups is 1. The minimum atomic E-state index is -3.85. The topological polar surface area (TPSA) is 99.4 Å². The van der Waals surface area contributed by atoms with Crippen LogP contribution in [0, 0.1) is 0 Å². The van der Waals surface area contributed by atoms with Gasteiger partial charge in [0.15, 0.2) is 17.0 Å². The fourth-order valence-corrected chi connectivity index (χ4v) is 5.67. The molecule has 0 aliphatic carbocycles. The number of nitrogens with zero attached hydrogens (tertiary/aromatic N) is 5. The van der Waals surface area contributed by atoms with Gasteiger partial charge in [-0.25, -0.2) is 13.4 Å². The second-order valence-electron chi connectivity index (χ2n) is 8.27. The van der Waals surface area contributed by atoms with Crippen molar-refractivity contribution in [1.29, 1.82) is 0 Å². The molecule has 178 valence electrons. The summed E-state index contributed by atoms with van der Waals surface area (Å²) in [5.74, 6) is 1.85.